The molecule has 3 aromatic rings. The number of thiophene rings is 1. The highest BCUT2D eigenvalue weighted by atomic mass is 32.1. The first-order valence-corrected chi connectivity index (χ1v) is 7.79. The average Bonchev–Trinajstić information content (AvgIpc) is 3.14. The van der Waals surface area contributed by atoms with Crippen molar-refractivity contribution in [3.63, 3.8) is 0 Å². The van der Waals surface area contributed by atoms with Crippen LogP contribution < -0.4 is 0 Å². The molecular weight excluding hydrogens is 266 g/mol. The van der Waals surface area contributed by atoms with Crippen molar-refractivity contribution in [2.24, 2.45) is 0 Å². The Labute approximate surface area is 121 Å². The summed E-state index contributed by atoms with van der Waals surface area (Å²) in [4.78, 5) is 5.91. The highest BCUT2D eigenvalue weighted by Crippen LogP contribution is 2.36. The highest BCUT2D eigenvalue weighted by Gasteiger charge is 2.24. The monoisotopic (exact) mass is 281 g/mol. The van der Waals surface area contributed by atoms with Crippen molar-refractivity contribution in [1.29, 1.82) is 0 Å². The number of fused-ring (bicyclic) bond motifs is 1. The first-order valence-electron chi connectivity index (χ1n) is 6.91. The van der Waals surface area contributed by atoms with Gasteiger partial charge in [0.1, 0.15) is 0 Å². The molecule has 0 saturated carbocycles. The molecule has 0 unspecified atom stereocenters. The Morgan fingerprint density at radius 2 is 2.10 bits per heavy atom. The van der Waals surface area contributed by atoms with Gasteiger partial charge < -0.3 is 0 Å². The lowest BCUT2D eigenvalue weighted by molar-refractivity contribution is 0.788. The van der Waals surface area contributed by atoms with E-state index in [2.05, 4.69) is 22.5 Å². The van der Waals surface area contributed by atoms with E-state index in [1.807, 2.05) is 29.8 Å². The molecule has 20 heavy (non-hydrogen) atoms. The van der Waals surface area contributed by atoms with E-state index in [1.165, 1.54) is 28.2 Å². The Kier molecular flexibility index (Phi) is 2.70. The van der Waals surface area contributed by atoms with Crippen LogP contribution in [0.4, 0.5) is 0 Å². The van der Waals surface area contributed by atoms with Gasteiger partial charge in [0.2, 0.25) is 0 Å². The van der Waals surface area contributed by atoms with Gasteiger partial charge in [-0.25, -0.2) is 9.67 Å². The zero-order valence-corrected chi connectivity index (χ0v) is 12.2. The number of rotatable bonds is 2. The maximum Gasteiger partial charge on any atom is 0.154 e. The molecule has 0 aliphatic heterocycles. The molecule has 0 spiro atoms. The van der Waals surface area contributed by atoms with Gasteiger partial charge in [-0.2, -0.15) is 5.10 Å². The Morgan fingerprint density at radius 3 is 2.90 bits per heavy atom. The second kappa shape index (κ2) is 4.56. The van der Waals surface area contributed by atoms with Gasteiger partial charge >= 0.3 is 0 Å². The van der Waals surface area contributed by atoms with Crippen LogP contribution in [0.2, 0.25) is 0 Å². The second-order valence-corrected chi connectivity index (χ2v) is 6.10. The summed E-state index contributed by atoms with van der Waals surface area (Å²) in [5, 5.41) is 6.94. The van der Waals surface area contributed by atoms with Crippen LogP contribution in [0.25, 0.3) is 16.4 Å². The lowest BCUT2D eigenvalue weighted by Gasteiger charge is -2.07. The van der Waals surface area contributed by atoms with Crippen molar-refractivity contribution >= 4 is 11.3 Å². The summed E-state index contributed by atoms with van der Waals surface area (Å²) in [5.74, 6) is 0.919. The van der Waals surface area contributed by atoms with Gasteiger partial charge in [-0.05, 0) is 49.8 Å². The van der Waals surface area contributed by atoms with E-state index in [0.717, 1.165) is 24.4 Å². The quantitative estimate of drug-likeness (QED) is 0.715. The first kappa shape index (κ1) is 11.9. The first-order chi connectivity index (χ1) is 9.83. The molecule has 0 fully saturated rings. The molecule has 0 bridgehead atoms. The summed E-state index contributed by atoms with van der Waals surface area (Å²) in [5.41, 5.74) is 4.92. The lowest BCUT2D eigenvalue weighted by Crippen LogP contribution is -2.03. The summed E-state index contributed by atoms with van der Waals surface area (Å²) in [6.07, 6.45) is 3.44. The van der Waals surface area contributed by atoms with E-state index in [1.54, 1.807) is 11.3 Å². The number of aryl methyl sites for hydroxylation is 2. The van der Waals surface area contributed by atoms with Crippen molar-refractivity contribution in [1.82, 2.24) is 14.8 Å². The molecule has 4 rings (SSSR count). The molecule has 100 valence electrons. The molecule has 1 aliphatic rings. The third kappa shape index (κ3) is 1.79. The van der Waals surface area contributed by atoms with E-state index in [9.17, 15) is 0 Å². The van der Waals surface area contributed by atoms with Crippen LogP contribution in [0, 0.1) is 6.92 Å². The molecule has 1 aliphatic carbocycles. The zero-order valence-electron chi connectivity index (χ0n) is 11.3. The van der Waals surface area contributed by atoms with Gasteiger partial charge in [0.05, 0.1) is 16.3 Å². The molecule has 0 N–H and O–H groups in total. The molecule has 0 aromatic carbocycles. The van der Waals surface area contributed by atoms with Crippen molar-refractivity contribution in [2.45, 2.75) is 26.2 Å². The van der Waals surface area contributed by atoms with E-state index >= 15 is 0 Å². The van der Waals surface area contributed by atoms with Gasteiger partial charge in [-0.15, -0.1) is 11.3 Å². The van der Waals surface area contributed by atoms with Gasteiger partial charge in [-0.1, -0.05) is 12.1 Å². The fourth-order valence-corrected chi connectivity index (χ4v) is 3.65. The smallest absolute Gasteiger partial charge is 0.154 e. The summed E-state index contributed by atoms with van der Waals surface area (Å²) in [7, 11) is 0. The van der Waals surface area contributed by atoms with Crippen LogP contribution in [0.1, 0.15) is 23.4 Å². The van der Waals surface area contributed by atoms with E-state index < -0.39 is 0 Å². The van der Waals surface area contributed by atoms with Crippen molar-refractivity contribution in [3.05, 3.63) is 52.7 Å². The van der Waals surface area contributed by atoms with Gasteiger partial charge in [0.15, 0.2) is 5.82 Å². The largest absolute Gasteiger partial charge is 0.234 e. The summed E-state index contributed by atoms with van der Waals surface area (Å²) in [6.45, 7) is 2.02. The van der Waals surface area contributed by atoms with Crippen LogP contribution in [0.5, 0.6) is 0 Å². The number of aromatic nitrogens is 3. The van der Waals surface area contributed by atoms with Crippen molar-refractivity contribution < 1.29 is 0 Å². The molecule has 0 saturated heterocycles. The third-order valence-electron chi connectivity index (χ3n) is 3.75. The fourth-order valence-electron chi connectivity index (χ4n) is 2.87. The van der Waals surface area contributed by atoms with Crippen LogP contribution in [0.15, 0.2) is 35.7 Å². The van der Waals surface area contributed by atoms with E-state index in [-0.39, 0.29) is 0 Å². The maximum absolute atomic E-state index is 4.82. The molecule has 0 atom stereocenters. The molecule has 0 amide bonds. The maximum atomic E-state index is 4.82. The Hall–Kier alpha value is -1.94. The van der Waals surface area contributed by atoms with Crippen LogP contribution in [0.3, 0.4) is 0 Å². The topological polar surface area (TPSA) is 30.7 Å². The molecule has 3 aromatic heterocycles. The predicted octanol–water partition coefficient (Wildman–Crippen LogP) is 3.79. The Morgan fingerprint density at radius 1 is 1.15 bits per heavy atom. The number of pyridine rings is 1. The SMILES string of the molecule is Cc1cccc(-n2nc3c(c2-c2cccs2)CCC3)n1. The molecule has 0 radical (unpaired) electrons. The molecule has 3 heterocycles. The van der Waals surface area contributed by atoms with Gasteiger partial charge in [0, 0.05) is 11.3 Å². The fraction of sp³-hybridized carbons (Fsp3) is 0.250. The average molecular weight is 281 g/mol. The molecule has 3 nitrogen and oxygen atoms in total. The normalized spacial score (nSPS) is 13.7. The number of hydrogen-bond donors (Lipinski definition) is 0. The van der Waals surface area contributed by atoms with Crippen molar-refractivity contribution in [3.8, 4) is 16.4 Å². The molecule has 4 heteroatoms. The second-order valence-electron chi connectivity index (χ2n) is 5.15. The predicted molar refractivity (Wildman–Crippen MR) is 81.4 cm³/mol. The van der Waals surface area contributed by atoms with Crippen LogP contribution in [-0.4, -0.2) is 14.8 Å². The minimum atomic E-state index is 0.919. The van der Waals surface area contributed by atoms with Crippen LogP contribution in [-0.2, 0) is 12.8 Å². The summed E-state index contributed by atoms with van der Waals surface area (Å²) < 4.78 is 2.03. The zero-order chi connectivity index (χ0) is 13.5. The van der Waals surface area contributed by atoms with Crippen LogP contribution >= 0.6 is 11.3 Å². The third-order valence-corrected chi connectivity index (χ3v) is 4.63. The minimum absolute atomic E-state index is 0.919. The summed E-state index contributed by atoms with van der Waals surface area (Å²) in [6, 6.07) is 10.4. The highest BCUT2D eigenvalue weighted by molar-refractivity contribution is 7.13. The molecular formula is C16H15N3S. The Bertz CT molecular complexity index is 756. The van der Waals surface area contributed by atoms with Crippen molar-refractivity contribution in [2.75, 3.05) is 0 Å². The van der Waals surface area contributed by atoms with Gasteiger partial charge in [-0.3, -0.25) is 0 Å². The summed E-state index contributed by atoms with van der Waals surface area (Å²) >= 11 is 1.77. The van der Waals surface area contributed by atoms with E-state index in [0.29, 0.717) is 0 Å². The standard InChI is InChI=1S/C16H15N3S/c1-11-5-2-9-15(17-11)19-16(14-8-4-10-20-14)12-6-3-7-13(12)18-19/h2,4-5,8-10H,3,6-7H2,1H3. The lowest BCUT2D eigenvalue weighted by atomic mass is 10.2. The number of nitrogens with zero attached hydrogens (tertiary/aromatic N) is 3. The minimum Gasteiger partial charge on any atom is -0.234 e. The number of hydrogen-bond acceptors (Lipinski definition) is 3. The van der Waals surface area contributed by atoms with E-state index in [4.69, 9.17) is 5.10 Å². The van der Waals surface area contributed by atoms with Gasteiger partial charge in [0.25, 0.3) is 0 Å². The Balaban J connectivity index is 1.96.